The second kappa shape index (κ2) is 7.92. The molecule has 5 nitrogen and oxygen atoms in total. The number of hydrogen-bond donors (Lipinski definition) is 0. The van der Waals surface area contributed by atoms with Gasteiger partial charge in [0.1, 0.15) is 11.6 Å². The van der Waals surface area contributed by atoms with Crippen molar-refractivity contribution in [3.8, 4) is 5.75 Å². The van der Waals surface area contributed by atoms with Gasteiger partial charge in [0.15, 0.2) is 0 Å². The van der Waals surface area contributed by atoms with E-state index >= 15 is 0 Å². The van der Waals surface area contributed by atoms with Gasteiger partial charge in [-0.1, -0.05) is 11.6 Å². The normalized spacial score (nSPS) is 16.6. The molecule has 0 saturated carbocycles. The molecule has 0 unspecified atom stereocenters. The van der Waals surface area contributed by atoms with Crippen LogP contribution in [-0.2, 0) is 16.6 Å². The van der Waals surface area contributed by atoms with Crippen LogP contribution in [0.4, 0.5) is 4.39 Å². The summed E-state index contributed by atoms with van der Waals surface area (Å²) in [5.41, 5.74) is 0.967. The van der Waals surface area contributed by atoms with E-state index in [4.69, 9.17) is 16.3 Å². The van der Waals surface area contributed by atoms with Crippen molar-refractivity contribution in [2.24, 2.45) is 0 Å². The molecule has 0 radical (unpaired) electrons. The second-order valence-corrected chi connectivity index (χ2v) is 8.46. The Kier molecular flexibility index (Phi) is 5.82. The van der Waals surface area contributed by atoms with Crippen LogP contribution in [0.15, 0.2) is 47.4 Å². The summed E-state index contributed by atoms with van der Waals surface area (Å²) in [5, 5.41) is 0.637. The zero-order chi connectivity index (χ0) is 18.7. The number of nitrogens with zero attached hydrogens (tertiary/aromatic N) is 2. The van der Waals surface area contributed by atoms with Crippen LogP contribution < -0.4 is 4.74 Å². The van der Waals surface area contributed by atoms with Gasteiger partial charge in [-0.25, -0.2) is 12.8 Å². The third-order valence-corrected chi connectivity index (χ3v) is 6.57. The Hall–Kier alpha value is -1.67. The monoisotopic (exact) mass is 398 g/mol. The summed E-state index contributed by atoms with van der Waals surface area (Å²) in [7, 11) is -1.99. The van der Waals surface area contributed by atoms with Crippen molar-refractivity contribution >= 4 is 21.6 Å². The Morgan fingerprint density at radius 3 is 2.35 bits per heavy atom. The van der Waals surface area contributed by atoms with Crippen LogP contribution in [-0.4, -0.2) is 50.9 Å². The van der Waals surface area contributed by atoms with Crippen LogP contribution in [0.2, 0.25) is 5.02 Å². The van der Waals surface area contributed by atoms with Gasteiger partial charge in [0.05, 0.1) is 12.0 Å². The number of methoxy groups -OCH3 is 1. The smallest absolute Gasteiger partial charge is 0.243 e. The van der Waals surface area contributed by atoms with Crippen molar-refractivity contribution in [2.75, 3.05) is 33.3 Å². The first-order valence-electron chi connectivity index (χ1n) is 8.20. The third-order valence-electron chi connectivity index (χ3n) is 4.42. The van der Waals surface area contributed by atoms with Crippen LogP contribution in [0.3, 0.4) is 0 Å². The maximum Gasteiger partial charge on any atom is 0.243 e. The molecule has 0 N–H and O–H groups in total. The minimum absolute atomic E-state index is 0.115. The zero-order valence-electron chi connectivity index (χ0n) is 14.4. The maximum atomic E-state index is 13.0. The largest absolute Gasteiger partial charge is 0.496 e. The van der Waals surface area contributed by atoms with E-state index in [1.807, 2.05) is 12.1 Å². The van der Waals surface area contributed by atoms with Crippen molar-refractivity contribution in [1.29, 1.82) is 0 Å². The van der Waals surface area contributed by atoms with E-state index in [0.717, 1.165) is 23.4 Å². The molecule has 0 atom stereocenters. The number of hydrogen-bond acceptors (Lipinski definition) is 4. The minimum atomic E-state index is -3.60. The zero-order valence-corrected chi connectivity index (χ0v) is 15.9. The van der Waals surface area contributed by atoms with E-state index in [0.29, 0.717) is 37.7 Å². The summed E-state index contributed by atoms with van der Waals surface area (Å²) >= 11 is 6.07. The first-order valence-corrected chi connectivity index (χ1v) is 10.0. The van der Waals surface area contributed by atoms with E-state index in [-0.39, 0.29) is 4.90 Å². The molecule has 0 spiro atoms. The Morgan fingerprint density at radius 2 is 1.73 bits per heavy atom. The molecule has 0 bridgehead atoms. The molecule has 1 saturated heterocycles. The third kappa shape index (κ3) is 4.17. The Labute approximate surface area is 158 Å². The maximum absolute atomic E-state index is 13.0. The predicted octanol–water partition coefficient (Wildman–Crippen LogP) is 2.99. The quantitative estimate of drug-likeness (QED) is 0.777. The van der Waals surface area contributed by atoms with E-state index in [1.165, 1.54) is 16.4 Å². The van der Waals surface area contributed by atoms with Gasteiger partial charge in [0.25, 0.3) is 0 Å². The van der Waals surface area contributed by atoms with E-state index in [2.05, 4.69) is 4.90 Å². The summed E-state index contributed by atoms with van der Waals surface area (Å²) in [4.78, 5) is 2.27. The molecule has 0 aliphatic carbocycles. The highest BCUT2D eigenvalue weighted by atomic mass is 35.5. The van der Waals surface area contributed by atoms with Gasteiger partial charge >= 0.3 is 0 Å². The molecular formula is C18H20ClFN2O3S. The van der Waals surface area contributed by atoms with Crippen LogP contribution >= 0.6 is 11.6 Å². The fraction of sp³-hybridized carbons (Fsp3) is 0.333. The second-order valence-electron chi connectivity index (χ2n) is 6.09. The van der Waals surface area contributed by atoms with Gasteiger partial charge in [0.2, 0.25) is 10.0 Å². The van der Waals surface area contributed by atoms with Crippen molar-refractivity contribution in [2.45, 2.75) is 11.4 Å². The summed E-state index contributed by atoms with van der Waals surface area (Å²) in [6, 6.07) is 10.4. The van der Waals surface area contributed by atoms with Crippen LogP contribution in [0.25, 0.3) is 0 Å². The number of rotatable bonds is 5. The van der Waals surface area contributed by atoms with Gasteiger partial charge in [-0.3, -0.25) is 4.90 Å². The van der Waals surface area contributed by atoms with Crippen molar-refractivity contribution in [3.63, 3.8) is 0 Å². The molecule has 0 amide bonds. The topological polar surface area (TPSA) is 49.9 Å². The molecule has 2 aromatic rings. The molecule has 1 fully saturated rings. The lowest BCUT2D eigenvalue weighted by molar-refractivity contribution is 0.180. The summed E-state index contributed by atoms with van der Waals surface area (Å²) in [6.07, 6.45) is 0. The number of ether oxygens (including phenoxy) is 1. The average Bonchev–Trinajstić information content (AvgIpc) is 2.63. The molecule has 1 aliphatic heterocycles. The Bertz CT molecular complexity index is 867. The first kappa shape index (κ1) is 19.1. The highest BCUT2D eigenvalue weighted by Gasteiger charge is 2.28. The van der Waals surface area contributed by atoms with Gasteiger partial charge in [0, 0.05) is 43.3 Å². The predicted molar refractivity (Wildman–Crippen MR) is 98.4 cm³/mol. The molecular weight excluding hydrogens is 379 g/mol. The Balaban J connectivity index is 1.66. The lowest BCUT2D eigenvalue weighted by Gasteiger charge is -2.34. The highest BCUT2D eigenvalue weighted by Crippen LogP contribution is 2.25. The SMILES string of the molecule is COc1ccc(Cl)cc1CN1CCN(S(=O)(=O)c2ccc(F)cc2)CC1. The fourth-order valence-electron chi connectivity index (χ4n) is 3.00. The molecule has 1 aliphatic rings. The number of benzene rings is 2. The van der Waals surface area contributed by atoms with Gasteiger partial charge in [-0.2, -0.15) is 4.31 Å². The van der Waals surface area contributed by atoms with Crippen LogP contribution in [0.5, 0.6) is 5.75 Å². The standard InChI is InChI=1S/C18H20ClFN2O3S/c1-25-18-7-2-15(19)12-14(18)13-21-8-10-22(11-9-21)26(23,24)17-5-3-16(20)4-6-17/h2-7,12H,8-11,13H2,1H3. The molecule has 0 aromatic heterocycles. The van der Waals surface area contributed by atoms with Crippen molar-refractivity contribution < 1.29 is 17.5 Å². The van der Waals surface area contributed by atoms with Crippen LogP contribution in [0.1, 0.15) is 5.56 Å². The van der Waals surface area contributed by atoms with Crippen molar-refractivity contribution in [1.82, 2.24) is 9.21 Å². The molecule has 1 heterocycles. The summed E-state index contributed by atoms with van der Waals surface area (Å²) in [5.74, 6) is 0.306. The molecule has 26 heavy (non-hydrogen) atoms. The number of halogens is 2. The van der Waals surface area contributed by atoms with E-state index < -0.39 is 15.8 Å². The van der Waals surface area contributed by atoms with Crippen molar-refractivity contribution in [3.05, 3.63) is 58.9 Å². The first-order chi connectivity index (χ1) is 12.4. The molecule has 140 valence electrons. The molecule has 8 heteroatoms. The highest BCUT2D eigenvalue weighted by molar-refractivity contribution is 7.89. The number of sulfonamides is 1. The summed E-state index contributed by atoms with van der Waals surface area (Å²) < 4.78 is 45.1. The van der Waals surface area contributed by atoms with Gasteiger partial charge in [-0.05, 0) is 42.5 Å². The lowest BCUT2D eigenvalue weighted by atomic mass is 10.1. The van der Waals surface area contributed by atoms with E-state index in [9.17, 15) is 12.8 Å². The lowest BCUT2D eigenvalue weighted by Crippen LogP contribution is -2.48. The van der Waals surface area contributed by atoms with Gasteiger partial charge < -0.3 is 4.74 Å². The minimum Gasteiger partial charge on any atom is -0.496 e. The van der Waals surface area contributed by atoms with Crippen LogP contribution in [0, 0.1) is 5.82 Å². The fourth-order valence-corrected chi connectivity index (χ4v) is 4.61. The Morgan fingerprint density at radius 1 is 1.08 bits per heavy atom. The number of piperazine rings is 1. The van der Waals surface area contributed by atoms with Gasteiger partial charge in [-0.15, -0.1) is 0 Å². The van der Waals surface area contributed by atoms with E-state index in [1.54, 1.807) is 13.2 Å². The average molecular weight is 399 g/mol. The summed E-state index contributed by atoms with van der Waals surface area (Å²) in [6.45, 7) is 2.57. The molecule has 3 rings (SSSR count). The molecule has 2 aromatic carbocycles.